The number of anilines is 1. The lowest BCUT2D eigenvalue weighted by molar-refractivity contribution is -0.0521. The number of amides is 2. The van der Waals surface area contributed by atoms with Crippen molar-refractivity contribution >= 4 is 27.6 Å². The maximum absolute atomic E-state index is 13.6. The van der Waals surface area contributed by atoms with Gasteiger partial charge in [0.1, 0.15) is 0 Å². The van der Waals surface area contributed by atoms with E-state index in [-0.39, 0.29) is 11.7 Å². The number of hydrogen-bond donors (Lipinski definition) is 2. The van der Waals surface area contributed by atoms with Crippen LogP contribution in [0.2, 0.25) is 0 Å². The number of carbonyl (C=O) groups excluding carboxylic acids is 1. The molecule has 0 fully saturated rings. The molecule has 1 atom stereocenters. The number of nitrogens with one attached hydrogen (secondary N) is 2. The zero-order chi connectivity index (χ0) is 17.7. The van der Waals surface area contributed by atoms with Crippen LogP contribution in [-0.2, 0) is 0 Å². The van der Waals surface area contributed by atoms with E-state index in [1.807, 2.05) is 24.3 Å². The molecule has 0 aliphatic heterocycles. The highest BCUT2D eigenvalue weighted by Crippen LogP contribution is 2.23. The first-order valence-corrected chi connectivity index (χ1v) is 7.72. The Labute approximate surface area is 145 Å². The Morgan fingerprint density at radius 2 is 1.96 bits per heavy atom. The van der Waals surface area contributed by atoms with Gasteiger partial charge in [-0.1, -0.05) is 28.1 Å². The van der Waals surface area contributed by atoms with Crippen LogP contribution in [0.15, 0.2) is 46.9 Å². The molecule has 2 N–H and O–H groups in total. The van der Waals surface area contributed by atoms with E-state index in [9.17, 15) is 18.0 Å². The molecule has 0 aliphatic rings. The molecule has 0 saturated heterocycles. The second kappa shape index (κ2) is 8.05. The molecule has 0 spiro atoms. The quantitative estimate of drug-likeness (QED) is 0.733. The number of carbonyl (C=O) groups is 1. The summed E-state index contributed by atoms with van der Waals surface area (Å²) in [6.07, 6.45) is 0. The minimum absolute atomic E-state index is 0.119. The van der Waals surface area contributed by atoms with Gasteiger partial charge in [0, 0.05) is 16.2 Å². The summed E-state index contributed by atoms with van der Waals surface area (Å²) in [6.45, 7) is -1.32. The van der Waals surface area contributed by atoms with E-state index < -0.39 is 24.2 Å². The highest BCUT2D eigenvalue weighted by atomic mass is 79.9. The average Bonchev–Trinajstić information content (AvgIpc) is 2.49. The van der Waals surface area contributed by atoms with Gasteiger partial charge in [-0.3, -0.25) is 0 Å². The maximum Gasteiger partial charge on any atom is 0.387 e. The first-order valence-electron chi connectivity index (χ1n) is 6.92. The van der Waals surface area contributed by atoms with Crippen LogP contribution >= 0.6 is 15.9 Å². The van der Waals surface area contributed by atoms with Crippen molar-refractivity contribution in [1.82, 2.24) is 5.32 Å². The van der Waals surface area contributed by atoms with Crippen LogP contribution in [0.4, 0.5) is 23.7 Å². The number of urea groups is 1. The van der Waals surface area contributed by atoms with E-state index >= 15 is 0 Å². The normalized spacial score (nSPS) is 11.9. The van der Waals surface area contributed by atoms with Crippen molar-refractivity contribution in [3.8, 4) is 5.75 Å². The molecule has 0 aromatic heterocycles. The molecule has 0 bridgehead atoms. The smallest absolute Gasteiger partial charge is 0.387 e. The summed E-state index contributed by atoms with van der Waals surface area (Å²) < 4.78 is 42.6. The van der Waals surface area contributed by atoms with Gasteiger partial charge in [-0.2, -0.15) is 8.78 Å². The molecule has 4 nitrogen and oxygen atoms in total. The molecule has 2 rings (SSSR count). The highest BCUT2D eigenvalue weighted by molar-refractivity contribution is 9.10. The monoisotopic (exact) mass is 402 g/mol. The second-order valence-corrected chi connectivity index (χ2v) is 5.81. The van der Waals surface area contributed by atoms with Crippen LogP contribution in [0.1, 0.15) is 18.5 Å². The number of alkyl halides is 2. The van der Waals surface area contributed by atoms with Crippen molar-refractivity contribution in [2.45, 2.75) is 19.6 Å². The number of benzene rings is 2. The molecular formula is C16H14BrF3N2O2. The SMILES string of the molecule is CC(NC(=O)Nc1ccc(OC(F)F)c(F)c1)c1cccc(Br)c1. The van der Waals surface area contributed by atoms with E-state index in [0.717, 1.165) is 22.2 Å². The van der Waals surface area contributed by atoms with Crippen molar-refractivity contribution in [2.75, 3.05) is 5.32 Å². The predicted octanol–water partition coefficient (Wildman–Crippen LogP) is 5.07. The minimum Gasteiger partial charge on any atom is -0.432 e. The standard InChI is InChI=1S/C16H14BrF3N2O2/c1-9(10-3-2-4-11(17)7-10)21-16(23)22-12-5-6-14(13(18)8-12)24-15(19)20/h2-9,15H,1H3,(H2,21,22,23). The molecule has 128 valence electrons. The van der Waals surface area contributed by atoms with Gasteiger partial charge in [0.25, 0.3) is 0 Å². The third-order valence-corrected chi connectivity index (χ3v) is 3.60. The molecule has 0 radical (unpaired) electrons. The fraction of sp³-hybridized carbons (Fsp3) is 0.188. The van der Waals surface area contributed by atoms with E-state index in [1.165, 1.54) is 6.07 Å². The second-order valence-electron chi connectivity index (χ2n) is 4.90. The molecule has 8 heteroatoms. The van der Waals surface area contributed by atoms with E-state index in [0.29, 0.717) is 0 Å². The molecule has 1 unspecified atom stereocenters. The van der Waals surface area contributed by atoms with Gasteiger partial charge in [-0.05, 0) is 36.8 Å². The van der Waals surface area contributed by atoms with Crippen LogP contribution in [0, 0.1) is 5.82 Å². The Morgan fingerprint density at radius 1 is 1.21 bits per heavy atom. The third-order valence-electron chi connectivity index (χ3n) is 3.10. The Hall–Kier alpha value is -2.22. The topological polar surface area (TPSA) is 50.4 Å². The van der Waals surface area contributed by atoms with Gasteiger partial charge in [0.2, 0.25) is 0 Å². The highest BCUT2D eigenvalue weighted by Gasteiger charge is 2.13. The molecule has 0 saturated carbocycles. The zero-order valence-corrected chi connectivity index (χ0v) is 14.1. The summed E-state index contributed by atoms with van der Waals surface area (Å²) in [5, 5.41) is 5.13. The van der Waals surface area contributed by atoms with Crippen LogP contribution in [0.25, 0.3) is 0 Å². The Balaban J connectivity index is 1.98. The molecule has 2 aromatic rings. The van der Waals surface area contributed by atoms with Crippen molar-refractivity contribution in [3.05, 3.63) is 58.3 Å². The van der Waals surface area contributed by atoms with Crippen LogP contribution in [0.3, 0.4) is 0 Å². The van der Waals surface area contributed by atoms with Gasteiger partial charge >= 0.3 is 12.6 Å². The van der Waals surface area contributed by atoms with Crippen LogP contribution < -0.4 is 15.4 Å². The van der Waals surface area contributed by atoms with E-state index in [4.69, 9.17) is 0 Å². The van der Waals surface area contributed by atoms with Gasteiger partial charge < -0.3 is 15.4 Å². The summed E-state index contributed by atoms with van der Waals surface area (Å²) in [6, 6.07) is 9.78. The lowest BCUT2D eigenvalue weighted by Gasteiger charge is -2.15. The van der Waals surface area contributed by atoms with Crippen molar-refractivity contribution < 1.29 is 22.7 Å². The number of ether oxygens (including phenoxy) is 1. The Kier molecular flexibility index (Phi) is 6.08. The Bertz CT molecular complexity index is 728. The first kappa shape index (κ1) is 18.1. The molecular weight excluding hydrogens is 389 g/mol. The minimum atomic E-state index is -3.12. The lowest BCUT2D eigenvalue weighted by Crippen LogP contribution is -2.31. The predicted molar refractivity (Wildman–Crippen MR) is 87.7 cm³/mol. The molecule has 24 heavy (non-hydrogen) atoms. The van der Waals surface area contributed by atoms with Gasteiger partial charge in [-0.25, -0.2) is 9.18 Å². The Morgan fingerprint density at radius 3 is 2.58 bits per heavy atom. The molecule has 2 aromatic carbocycles. The zero-order valence-electron chi connectivity index (χ0n) is 12.5. The largest absolute Gasteiger partial charge is 0.432 e. The van der Waals surface area contributed by atoms with E-state index in [1.54, 1.807) is 6.92 Å². The number of hydrogen-bond acceptors (Lipinski definition) is 2. The van der Waals surface area contributed by atoms with Gasteiger partial charge in [0.15, 0.2) is 11.6 Å². The average molecular weight is 403 g/mol. The summed E-state index contributed by atoms with van der Waals surface area (Å²) >= 11 is 3.35. The summed E-state index contributed by atoms with van der Waals surface area (Å²) in [5.74, 6) is -1.58. The number of halogens is 4. The summed E-state index contributed by atoms with van der Waals surface area (Å²) in [5.41, 5.74) is 0.999. The molecule has 2 amide bonds. The molecule has 0 aliphatic carbocycles. The van der Waals surface area contributed by atoms with Crippen molar-refractivity contribution in [3.63, 3.8) is 0 Å². The van der Waals surface area contributed by atoms with Gasteiger partial charge in [0.05, 0.1) is 6.04 Å². The summed E-state index contributed by atoms with van der Waals surface area (Å²) in [7, 11) is 0. The van der Waals surface area contributed by atoms with Crippen molar-refractivity contribution in [2.24, 2.45) is 0 Å². The summed E-state index contributed by atoms with van der Waals surface area (Å²) in [4.78, 5) is 11.9. The van der Waals surface area contributed by atoms with Gasteiger partial charge in [-0.15, -0.1) is 0 Å². The third kappa shape index (κ3) is 5.16. The first-order chi connectivity index (χ1) is 11.3. The molecule has 0 heterocycles. The van der Waals surface area contributed by atoms with E-state index in [2.05, 4.69) is 31.3 Å². The lowest BCUT2D eigenvalue weighted by atomic mass is 10.1. The van der Waals surface area contributed by atoms with Crippen LogP contribution in [0.5, 0.6) is 5.75 Å². The number of rotatable bonds is 5. The maximum atomic E-state index is 13.6. The van der Waals surface area contributed by atoms with Crippen molar-refractivity contribution in [1.29, 1.82) is 0 Å². The van der Waals surface area contributed by atoms with Crippen LogP contribution in [-0.4, -0.2) is 12.6 Å². The fourth-order valence-corrected chi connectivity index (χ4v) is 2.41. The fourth-order valence-electron chi connectivity index (χ4n) is 1.99.